The lowest BCUT2D eigenvalue weighted by atomic mass is 9.76. The summed E-state index contributed by atoms with van der Waals surface area (Å²) in [7, 11) is 0. The number of phenols is 2. The molecule has 1 aliphatic carbocycles. The van der Waals surface area contributed by atoms with Crippen molar-refractivity contribution in [2.24, 2.45) is 17.6 Å². The van der Waals surface area contributed by atoms with E-state index in [4.69, 9.17) is 10.5 Å². The number of ether oxygens (including phenoxy) is 1. The number of aliphatic hydroxyl groups is 1. The molecule has 5 nitrogen and oxygen atoms in total. The van der Waals surface area contributed by atoms with Crippen LogP contribution in [0.5, 0.6) is 11.5 Å². The molecule has 0 aromatic heterocycles. The summed E-state index contributed by atoms with van der Waals surface area (Å²) in [6, 6.07) is 3.28. The molecule has 3 rings (SSSR count). The van der Waals surface area contributed by atoms with E-state index in [-0.39, 0.29) is 30.3 Å². The van der Waals surface area contributed by atoms with E-state index in [0.717, 1.165) is 36.8 Å². The van der Waals surface area contributed by atoms with Crippen molar-refractivity contribution in [1.82, 2.24) is 0 Å². The summed E-state index contributed by atoms with van der Waals surface area (Å²) in [6.45, 7) is 0.579. The zero-order valence-electron chi connectivity index (χ0n) is 12.7. The predicted molar refractivity (Wildman–Crippen MR) is 82.7 cm³/mol. The van der Waals surface area contributed by atoms with E-state index in [1.54, 1.807) is 6.07 Å². The number of aromatic hydroxyl groups is 2. The van der Waals surface area contributed by atoms with E-state index < -0.39 is 0 Å². The molecule has 1 aliphatic heterocycles. The largest absolute Gasteiger partial charge is 0.504 e. The van der Waals surface area contributed by atoms with Crippen LogP contribution in [0, 0.1) is 11.8 Å². The fourth-order valence-corrected chi connectivity index (χ4v) is 3.99. The second-order valence-corrected chi connectivity index (χ2v) is 6.58. The molecule has 5 N–H and O–H groups in total. The average Bonchev–Trinajstić information content (AvgIpc) is 2.57. The van der Waals surface area contributed by atoms with E-state index in [2.05, 4.69) is 0 Å². The zero-order chi connectivity index (χ0) is 15.7. The van der Waals surface area contributed by atoms with Crippen LogP contribution in [0.3, 0.4) is 0 Å². The third kappa shape index (κ3) is 2.81. The van der Waals surface area contributed by atoms with Gasteiger partial charge in [-0.1, -0.05) is 12.5 Å². The third-order valence-electron chi connectivity index (χ3n) is 5.21. The fraction of sp³-hybridized carbons (Fsp3) is 0.647. The Labute approximate surface area is 130 Å². The van der Waals surface area contributed by atoms with Crippen LogP contribution >= 0.6 is 0 Å². The standard InChI is InChI=1S/C17H25NO4/c18-8-16-12-4-5-14(20)17(21)13(12)7-15(22-16)11-3-1-2-10(6-11)9-19/h4-5,10-11,15-16,19-21H,1-3,6-9,18H2. The van der Waals surface area contributed by atoms with E-state index >= 15 is 0 Å². The second-order valence-electron chi connectivity index (χ2n) is 6.58. The van der Waals surface area contributed by atoms with Gasteiger partial charge in [-0.05, 0) is 42.7 Å². The number of hydrogen-bond acceptors (Lipinski definition) is 5. The van der Waals surface area contributed by atoms with Crippen LogP contribution in [0.2, 0.25) is 0 Å². The predicted octanol–water partition coefficient (Wildman–Crippen LogP) is 1.84. The van der Waals surface area contributed by atoms with Gasteiger partial charge < -0.3 is 25.8 Å². The van der Waals surface area contributed by atoms with Crippen LogP contribution in [0.1, 0.15) is 42.9 Å². The van der Waals surface area contributed by atoms with Gasteiger partial charge in [-0.2, -0.15) is 0 Å². The third-order valence-corrected chi connectivity index (χ3v) is 5.21. The van der Waals surface area contributed by atoms with Crippen molar-refractivity contribution in [2.75, 3.05) is 13.2 Å². The molecule has 1 aromatic rings. The number of nitrogens with two attached hydrogens (primary N) is 1. The second kappa shape index (κ2) is 6.44. The zero-order valence-corrected chi connectivity index (χ0v) is 12.7. The Balaban J connectivity index is 1.85. The normalized spacial score (nSPS) is 31.7. The first-order valence-electron chi connectivity index (χ1n) is 8.14. The summed E-state index contributed by atoms with van der Waals surface area (Å²) in [4.78, 5) is 0. The Morgan fingerprint density at radius 2 is 2.05 bits per heavy atom. The average molecular weight is 307 g/mol. The van der Waals surface area contributed by atoms with Gasteiger partial charge in [0.05, 0.1) is 12.2 Å². The molecule has 122 valence electrons. The first-order valence-corrected chi connectivity index (χ1v) is 8.14. The van der Waals surface area contributed by atoms with Crippen molar-refractivity contribution in [3.8, 4) is 11.5 Å². The van der Waals surface area contributed by atoms with Crippen LogP contribution in [-0.2, 0) is 11.2 Å². The number of benzene rings is 1. The van der Waals surface area contributed by atoms with Gasteiger partial charge in [0.2, 0.25) is 0 Å². The molecule has 22 heavy (non-hydrogen) atoms. The SMILES string of the molecule is NCC1OC(C2CCCC(CO)C2)Cc2c1ccc(O)c2O. The molecule has 2 aliphatic rings. The topological polar surface area (TPSA) is 95.9 Å². The Morgan fingerprint density at radius 3 is 2.77 bits per heavy atom. The monoisotopic (exact) mass is 307 g/mol. The summed E-state index contributed by atoms with van der Waals surface area (Å²) in [5.41, 5.74) is 7.48. The fourth-order valence-electron chi connectivity index (χ4n) is 3.99. The van der Waals surface area contributed by atoms with Gasteiger partial charge >= 0.3 is 0 Å². The molecule has 0 spiro atoms. The Kier molecular flexibility index (Phi) is 4.57. The van der Waals surface area contributed by atoms with Gasteiger partial charge in [-0.25, -0.2) is 0 Å². The molecule has 4 atom stereocenters. The highest BCUT2D eigenvalue weighted by Gasteiger charge is 2.36. The van der Waals surface area contributed by atoms with Gasteiger partial charge in [0.1, 0.15) is 0 Å². The highest BCUT2D eigenvalue weighted by molar-refractivity contribution is 5.51. The molecule has 4 unspecified atom stereocenters. The molecular weight excluding hydrogens is 282 g/mol. The number of rotatable bonds is 3. The molecule has 1 heterocycles. The lowest BCUT2D eigenvalue weighted by molar-refractivity contribution is -0.0662. The van der Waals surface area contributed by atoms with Crippen LogP contribution in [0.25, 0.3) is 0 Å². The van der Waals surface area contributed by atoms with E-state index in [0.29, 0.717) is 24.8 Å². The first-order chi connectivity index (χ1) is 10.6. The molecule has 0 amide bonds. The number of aliphatic hydroxyl groups excluding tert-OH is 1. The summed E-state index contributed by atoms with van der Waals surface area (Å²) >= 11 is 0. The molecular formula is C17H25NO4. The number of fused-ring (bicyclic) bond motifs is 1. The van der Waals surface area contributed by atoms with Crippen molar-refractivity contribution in [3.05, 3.63) is 23.3 Å². The van der Waals surface area contributed by atoms with Gasteiger partial charge in [0.25, 0.3) is 0 Å². The van der Waals surface area contributed by atoms with Crippen molar-refractivity contribution in [3.63, 3.8) is 0 Å². The van der Waals surface area contributed by atoms with Crippen LogP contribution < -0.4 is 5.73 Å². The maximum Gasteiger partial charge on any atom is 0.161 e. The molecule has 0 radical (unpaired) electrons. The van der Waals surface area contributed by atoms with Crippen molar-refractivity contribution < 1.29 is 20.1 Å². The maximum absolute atomic E-state index is 10.2. The lowest BCUT2D eigenvalue weighted by Gasteiger charge is -2.39. The van der Waals surface area contributed by atoms with E-state index in [1.807, 2.05) is 0 Å². The number of phenolic OH excluding ortho intramolecular Hbond substituents is 2. The molecule has 1 aromatic carbocycles. The van der Waals surface area contributed by atoms with Crippen LogP contribution in [0.15, 0.2) is 12.1 Å². The molecule has 5 heteroatoms. The summed E-state index contributed by atoms with van der Waals surface area (Å²) in [6.07, 6.45) is 4.54. The Hall–Kier alpha value is -1.30. The smallest absolute Gasteiger partial charge is 0.161 e. The number of hydrogen-bond donors (Lipinski definition) is 4. The maximum atomic E-state index is 10.2. The quantitative estimate of drug-likeness (QED) is 0.639. The molecule has 0 bridgehead atoms. The van der Waals surface area contributed by atoms with E-state index in [1.165, 1.54) is 6.07 Å². The van der Waals surface area contributed by atoms with Gasteiger partial charge in [0, 0.05) is 25.1 Å². The summed E-state index contributed by atoms with van der Waals surface area (Å²) in [5, 5.41) is 29.4. The van der Waals surface area contributed by atoms with Crippen LogP contribution in [0.4, 0.5) is 0 Å². The highest BCUT2D eigenvalue weighted by atomic mass is 16.5. The Bertz CT molecular complexity index is 534. The molecule has 1 fully saturated rings. The molecule has 1 saturated carbocycles. The van der Waals surface area contributed by atoms with Crippen molar-refractivity contribution >= 4 is 0 Å². The minimum Gasteiger partial charge on any atom is -0.504 e. The van der Waals surface area contributed by atoms with Gasteiger partial charge in [0.15, 0.2) is 11.5 Å². The highest BCUT2D eigenvalue weighted by Crippen LogP contribution is 2.43. The van der Waals surface area contributed by atoms with Crippen molar-refractivity contribution in [1.29, 1.82) is 0 Å². The van der Waals surface area contributed by atoms with Gasteiger partial charge in [-0.15, -0.1) is 0 Å². The lowest BCUT2D eigenvalue weighted by Crippen LogP contribution is -2.37. The van der Waals surface area contributed by atoms with E-state index in [9.17, 15) is 15.3 Å². The summed E-state index contributed by atoms with van der Waals surface area (Å²) < 4.78 is 6.19. The summed E-state index contributed by atoms with van der Waals surface area (Å²) in [5.74, 6) is 0.582. The minimum absolute atomic E-state index is 0.0110. The van der Waals surface area contributed by atoms with Crippen LogP contribution in [-0.4, -0.2) is 34.6 Å². The van der Waals surface area contributed by atoms with Gasteiger partial charge in [-0.3, -0.25) is 0 Å². The first kappa shape index (κ1) is 15.6. The minimum atomic E-state index is -0.241. The van der Waals surface area contributed by atoms with Crippen molar-refractivity contribution in [2.45, 2.75) is 44.3 Å². The Morgan fingerprint density at radius 1 is 1.23 bits per heavy atom. The molecule has 0 saturated heterocycles.